The van der Waals surface area contributed by atoms with Crippen molar-refractivity contribution in [3.8, 4) is 5.69 Å². The number of nitrogens with one attached hydrogen (secondary N) is 1. The van der Waals surface area contributed by atoms with Gasteiger partial charge in [0.25, 0.3) is 0 Å². The van der Waals surface area contributed by atoms with Crippen LogP contribution in [0.2, 0.25) is 0 Å². The smallest absolute Gasteiger partial charge is 0.133 e. The number of benzene rings is 1. The molecular formula is C20H29N3. The zero-order chi connectivity index (χ0) is 16.4. The van der Waals surface area contributed by atoms with Gasteiger partial charge in [0.2, 0.25) is 0 Å². The predicted molar refractivity (Wildman–Crippen MR) is 97.8 cm³/mol. The van der Waals surface area contributed by atoms with Crippen molar-refractivity contribution in [2.75, 3.05) is 11.9 Å². The van der Waals surface area contributed by atoms with Gasteiger partial charge < -0.3 is 5.32 Å². The summed E-state index contributed by atoms with van der Waals surface area (Å²) in [6.07, 6.45) is 5.97. The number of nitrogens with zero attached hydrogens (tertiary/aromatic N) is 2. The SMILES string of the molecule is CCC(CC)c1nn(-c2cc(C)ccc2C)c2c1CCCCN2. The standard InChI is InChI=1S/C20H29N3/c1-5-16(6-2)19-17-9-7-8-12-21-20(17)23(22-19)18-13-14(3)10-11-15(18)4/h10-11,13,16,21H,5-9,12H2,1-4H3. The van der Waals surface area contributed by atoms with Gasteiger partial charge >= 0.3 is 0 Å². The summed E-state index contributed by atoms with van der Waals surface area (Å²) in [5, 5.41) is 8.76. The fourth-order valence-corrected chi connectivity index (χ4v) is 3.65. The first-order valence-corrected chi connectivity index (χ1v) is 9.09. The largest absolute Gasteiger partial charge is 0.370 e. The van der Waals surface area contributed by atoms with E-state index in [1.165, 1.54) is 46.7 Å². The summed E-state index contributed by atoms with van der Waals surface area (Å²) < 4.78 is 2.18. The Morgan fingerprint density at radius 3 is 2.70 bits per heavy atom. The van der Waals surface area contributed by atoms with Crippen LogP contribution in [0.25, 0.3) is 5.69 Å². The Morgan fingerprint density at radius 1 is 1.17 bits per heavy atom. The fourth-order valence-electron chi connectivity index (χ4n) is 3.65. The third kappa shape index (κ3) is 3.01. The molecule has 1 N–H and O–H groups in total. The van der Waals surface area contributed by atoms with Crippen molar-refractivity contribution in [2.45, 2.75) is 65.7 Å². The maximum absolute atomic E-state index is 5.10. The lowest BCUT2D eigenvalue weighted by Crippen LogP contribution is -2.08. The van der Waals surface area contributed by atoms with Crippen molar-refractivity contribution in [3.05, 3.63) is 40.6 Å². The summed E-state index contributed by atoms with van der Waals surface area (Å²) in [6.45, 7) is 9.94. The molecule has 3 nitrogen and oxygen atoms in total. The van der Waals surface area contributed by atoms with Crippen LogP contribution < -0.4 is 5.32 Å². The van der Waals surface area contributed by atoms with Gasteiger partial charge in [-0.25, -0.2) is 4.68 Å². The first-order valence-electron chi connectivity index (χ1n) is 9.09. The molecule has 3 rings (SSSR count). The van der Waals surface area contributed by atoms with E-state index < -0.39 is 0 Å². The second-order valence-electron chi connectivity index (χ2n) is 6.81. The topological polar surface area (TPSA) is 29.9 Å². The Labute approximate surface area is 140 Å². The molecule has 0 amide bonds. The molecule has 0 saturated carbocycles. The molecular weight excluding hydrogens is 282 g/mol. The molecule has 23 heavy (non-hydrogen) atoms. The number of anilines is 1. The van der Waals surface area contributed by atoms with Gasteiger partial charge in [0.05, 0.1) is 11.4 Å². The normalized spacial score (nSPS) is 14.5. The van der Waals surface area contributed by atoms with Gasteiger partial charge in [-0.05, 0) is 63.1 Å². The highest BCUT2D eigenvalue weighted by atomic mass is 15.3. The Kier molecular flexibility index (Phi) is 4.74. The van der Waals surface area contributed by atoms with Gasteiger partial charge in [-0.1, -0.05) is 26.0 Å². The van der Waals surface area contributed by atoms with Crippen LogP contribution in [0.4, 0.5) is 5.82 Å². The molecule has 1 aliphatic heterocycles. The molecule has 2 aromatic rings. The summed E-state index contributed by atoms with van der Waals surface area (Å²) in [6, 6.07) is 6.63. The van der Waals surface area contributed by atoms with Crippen molar-refractivity contribution in [3.63, 3.8) is 0 Å². The molecule has 1 aromatic heterocycles. The second kappa shape index (κ2) is 6.77. The molecule has 3 heteroatoms. The molecule has 0 unspecified atom stereocenters. The quantitative estimate of drug-likeness (QED) is 0.847. The van der Waals surface area contributed by atoms with Crippen LogP contribution in [0.5, 0.6) is 0 Å². The Morgan fingerprint density at radius 2 is 1.96 bits per heavy atom. The number of hydrogen-bond donors (Lipinski definition) is 1. The summed E-state index contributed by atoms with van der Waals surface area (Å²) in [5.74, 6) is 1.80. The highest BCUT2D eigenvalue weighted by Gasteiger charge is 2.24. The zero-order valence-corrected chi connectivity index (χ0v) is 14.9. The molecule has 0 atom stereocenters. The van der Waals surface area contributed by atoms with E-state index >= 15 is 0 Å². The Bertz CT molecular complexity index is 680. The van der Waals surface area contributed by atoms with E-state index in [9.17, 15) is 0 Å². The fraction of sp³-hybridized carbons (Fsp3) is 0.550. The van der Waals surface area contributed by atoms with E-state index in [-0.39, 0.29) is 0 Å². The second-order valence-corrected chi connectivity index (χ2v) is 6.81. The summed E-state index contributed by atoms with van der Waals surface area (Å²) in [4.78, 5) is 0. The van der Waals surface area contributed by atoms with E-state index in [1.54, 1.807) is 0 Å². The minimum Gasteiger partial charge on any atom is -0.370 e. The van der Waals surface area contributed by atoms with Crippen molar-refractivity contribution < 1.29 is 0 Å². The highest BCUT2D eigenvalue weighted by molar-refractivity contribution is 5.57. The Balaban J connectivity index is 2.18. The average Bonchev–Trinajstić information content (AvgIpc) is 2.73. The monoisotopic (exact) mass is 311 g/mol. The van der Waals surface area contributed by atoms with Crippen molar-refractivity contribution in [1.29, 1.82) is 0 Å². The van der Waals surface area contributed by atoms with Gasteiger partial charge in [0, 0.05) is 18.0 Å². The maximum Gasteiger partial charge on any atom is 0.133 e. The van der Waals surface area contributed by atoms with Gasteiger partial charge in [0.15, 0.2) is 0 Å². The van der Waals surface area contributed by atoms with Crippen LogP contribution >= 0.6 is 0 Å². The zero-order valence-electron chi connectivity index (χ0n) is 14.9. The van der Waals surface area contributed by atoms with E-state index in [0.29, 0.717) is 5.92 Å². The van der Waals surface area contributed by atoms with E-state index in [1.807, 2.05) is 0 Å². The first kappa shape index (κ1) is 16.1. The van der Waals surface area contributed by atoms with E-state index in [0.717, 1.165) is 25.8 Å². The number of fused-ring (bicyclic) bond motifs is 1. The molecule has 0 bridgehead atoms. The minimum absolute atomic E-state index is 0.565. The first-order chi connectivity index (χ1) is 11.2. The third-order valence-electron chi connectivity index (χ3n) is 5.13. The number of aryl methyl sites for hydroxylation is 2. The third-order valence-corrected chi connectivity index (χ3v) is 5.13. The number of hydrogen-bond acceptors (Lipinski definition) is 2. The van der Waals surface area contributed by atoms with Crippen molar-refractivity contribution >= 4 is 5.82 Å². The van der Waals surface area contributed by atoms with Gasteiger partial charge in [-0.3, -0.25) is 0 Å². The molecule has 0 saturated heterocycles. The van der Waals surface area contributed by atoms with Crippen molar-refractivity contribution in [2.24, 2.45) is 0 Å². The van der Waals surface area contributed by atoms with Crippen LogP contribution in [0, 0.1) is 13.8 Å². The van der Waals surface area contributed by atoms with Gasteiger partial charge in [0.1, 0.15) is 5.82 Å². The average molecular weight is 311 g/mol. The lowest BCUT2D eigenvalue weighted by molar-refractivity contribution is 0.604. The molecule has 124 valence electrons. The summed E-state index contributed by atoms with van der Waals surface area (Å²) in [5.41, 5.74) is 6.56. The van der Waals surface area contributed by atoms with Gasteiger partial charge in [-0.2, -0.15) is 5.10 Å². The van der Waals surface area contributed by atoms with Crippen LogP contribution in [0.3, 0.4) is 0 Å². The number of rotatable bonds is 4. The molecule has 0 aliphatic carbocycles. The summed E-state index contributed by atoms with van der Waals surface area (Å²) >= 11 is 0. The van der Waals surface area contributed by atoms with E-state index in [4.69, 9.17) is 5.10 Å². The molecule has 0 spiro atoms. The van der Waals surface area contributed by atoms with Crippen LogP contribution in [-0.2, 0) is 6.42 Å². The molecule has 0 radical (unpaired) electrons. The minimum atomic E-state index is 0.565. The lowest BCUT2D eigenvalue weighted by Gasteiger charge is -2.12. The van der Waals surface area contributed by atoms with E-state index in [2.05, 4.69) is 55.9 Å². The van der Waals surface area contributed by atoms with Crippen molar-refractivity contribution in [1.82, 2.24) is 9.78 Å². The van der Waals surface area contributed by atoms with Gasteiger partial charge in [-0.15, -0.1) is 0 Å². The maximum atomic E-state index is 5.10. The van der Waals surface area contributed by atoms with Crippen LogP contribution in [0.1, 0.15) is 67.8 Å². The summed E-state index contributed by atoms with van der Waals surface area (Å²) in [7, 11) is 0. The van der Waals surface area contributed by atoms with Crippen LogP contribution in [0.15, 0.2) is 18.2 Å². The molecule has 0 fully saturated rings. The number of aromatic nitrogens is 2. The van der Waals surface area contributed by atoms with Crippen LogP contribution in [-0.4, -0.2) is 16.3 Å². The molecule has 1 aliphatic rings. The Hall–Kier alpha value is -1.77. The predicted octanol–water partition coefficient (Wildman–Crippen LogP) is 5.14. The highest BCUT2D eigenvalue weighted by Crippen LogP contribution is 2.35. The lowest BCUT2D eigenvalue weighted by atomic mass is 9.94. The molecule has 1 aromatic carbocycles. The molecule has 2 heterocycles.